The van der Waals surface area contributed by atoms with Crippen LogP contribution in [0.1, 0.15) is 50.6 Å². The van der Waals surface area contributed by atoms with Crippen LogP contribution in [0.25, 0.3) is 0 Å². The smallest absolute Gasteiger partial charge is 0.305 e. The van der Waals surface area contributed by atoms with E-state index in [1.54, 1.807) is 31.2 Å². The van der Waals surface area contributed by atoms with Gasteiger partial charge in [0.2, 0.25) is 0 Å². The molecule has 2 aromatic carbocycles. The minimum Gasteiger partial charge on any atom is -0.496 e. The van der Waals surface area contributed by atoms with Crippen molar-refractivity contribution in [3.63, 3.8) is 0 Å². The summed E-state index contributed by atoms with van der Waals surface area (Å²) in [7, 11) is 1.47. The summed E-state index contributed by atoms with van der Waals surface area (Å²) in [6.07, 6.45) is 2.22. The molecule has 1 aliphatic carbocycles. The monoisotopic (exact) mass is 491 g/mol. The molecule has 0 saturated carbocycles. The first-order valence-corrected chi connectivity index (χ1v) is 11.4. The van der Waals surface area contributed by atoms with Crippen molar-refractivity contribution in [2.45, 2.75) is 26.2 Å². The number of amides is 2. The van der Waals surface area contributed by atoms with Gasteiger partial charge in [0.15, 0.2) is 10.9 Å². The lowest BCUT2D eigenvalue weighted by Crippen LogP contribution is -2.41. The van der Waals surface area contributed by atoms with Crippen LogP contribution >= 0.6 is 12.2 Å². The summed E-state index contributed by atoms with van der Waals surface area (Å²) in [5.74, 6) is 0.133. The third kappa shape index (κ3) is 5.49. The van der Waals surface area contributed by atoms with Crippen LogP contribution in [0, 0.1) is 6.92 Å². The molecule has 0 radical (unpaired) electrons. The quantitative estimate of drug-likeness (QED) is 0.318. The van der Waals surface area contributed by atoms with Crippen molar-refractivity contribution in [2.75, 3.05) is 12.4 Å². The molecule has 0 spiro atoms. The average Bonchev–Trinajstić information content (AvgIpc) is 3.23. The summed E-state index contributed by atoms with van der Waals surface area (Å²) in [5, 5.41) is 7.90. The van der Waals surface area contributed by atoms with Crippen molar-refractivity contribution in [3.05, 3.63) is 82.8 Å². The van der Waals surface area contributed by atoms with Crippen LogP contribution in [0.5, 0.6) is 5.75 Å². The Balaban J connectivity index is 1.45. The van der Waals surface area contributed by atoms with Crippen molar-refractivity contribution < 1.29 is 18.7 Å². The van der Waals surface area contributed by atoms with E-state index in [9.17, 15) is 9.59 Å². The summed E-state index contributed by atoms with van der Waals surface area (Å²) in [5.41, 5.74) is 11.0. The molecule has 3 aromatic rings. The molecule has 4 N–H and O–H groups in total. The average molecular weight is 492 g/mol. The number of hydrogen-bond acceptors (Lipinski definition) is 6. The number of hydrazine groups is 1. The van der Waals surface area contributed by atoms with Crippen molar-refractivity contribution in [1.82, 2.24) is 16.3 Å². The number of anilines is 1. The molecule has 0 bridgehead atoms. The number of methoxy groups -OCH3 is 1. The lowest BCUT2D eigenvalue weighted by molar-refractivity contribution is 0.0827. The maximum Gasteiger partial charge on any atom is 0.305 e. The van der Waals surface area contributed by atoms with E-state index < -0.39 is 11.8 Å². The predicted octanol–water partition coefficient (Wildman–Crippen LogP) is 3.70. The maximum absolute atomic E-state index is 12.8. The Labute approximate surface area is 207 Å². The first kappa shape index (κ1) is 24.0. The molecule has 0 unspecified atom stereocenters. The zero-order valence-corrected chi connectivity index (χ0v) is 20.1. The second kappa shape index (κ2) is 10.8. The number of furan rings is 1. The van der Waals surface area contributed by atoms with Crippen LogP contribution in [-0.4, -0.2) is 29.7 Å². The Hall–Kier alpha value is -4.18. The van der Waals surface area contributed by atoms with E-state index in [1.807, 2.05) is 30.3 Å². The third-order valence-electron chi connectivity index (χ3n) is 5.50. The van der Waals surface area contributed by atoms with Gasteiger partial charge in [0.25, 0.3) is 5.91 Å². The van der Waals surface area contributed by atoms with Gasteiger partial charge in [-0.1, -0.05) is 30.3 Å². The summed E-state index contributed by atoms with van der Waals surface area (Å²) >= 11 is 5.33. The summed E-state index contributed by atoms with van der Waals surface area (Å²) in [6.45, 7) is 1.79. The second-order valence-electron chi connectivity index (χ2n) is 7.81. The van der Waals surface area contributed by atoms with Gasteiger partial charge in [-0.25, -0.2) is 0 Å². The van der Waals surface area contributed by atoms with Crippen LogP contribution in [0.15, 0.2) is 64.1 Å². The molecule has 0 aliphatic heterocycles. The molecule has 1 aliphatic rings. The molecular weight excluding hydrogens is 466 g/mol. The van der Waals surface area contributed by atoms with E-state index in [1.165, 1.54) is 7.11 Å². The number of hydrogen-bond donors (Lipinski definition) is 4. The molecule has 2 amide bonds. The van der Waals surface area contributed by atoms with Gasteiger partial charge >= 0.3 is 5.91 Å². The Bertz CT molecular complexity index is 1290. The summed E-state index contributed by atoms with van der Waals surface area (Å²) in [4.78, 5) is 25.3. The van der Waals surface area contributed by atoms with E-state index in [0.29, 0.717) is 40.6 Å². The summed E-state index contributed by atoms with van der Waals surface area (Å²) in [6, 6.07) is 16.3. The van der Waals surface area contributed by atoms with Crippen LogP contribution < -0.4 is 26.3 Å². The Morgan fingerprint density at radius 3 is 2.49 bits per heavy atom. The predicted molar refractivity (Wildman–Crippen MR) is 137 cm³/mol. The van der Waals surface area contributed by atoms with Gasteiger partial charge in [-0.2, -0.15) is 5.10 Å². The van der Waals surface area contributed by atoms with Gasteiger partial charge in [-0.05, 0) is 56.2 Å². The molecule has 1 aromatic heterocycles. The molecule has 35 heavy (non-hydrogen) atoms. The van der Waals surface area contributed by atoms with Crippen LogP contribution in [0.3, 0.4) is 0 Å². The lowest BCUT2D eigenvalue weighted by Gasteiger charge is -2.14. The number of nitrogens with zero attached hydrogens (tertiary/aromatic N) is 1. The van der Waals surface area contributed by atoms with Gasteiger partial charge in [0.1, 0.15) is 11.5 Å². The molecule has 0 atom stereocenters. The standard InChI is InChI=1S/C25H25N5O4S/c1-15-21-18(27-30-25(35)26-16-9-4-3-5-10-16)12-8-14-20(21)34-22(15)24(32)29-28-23(31)17-11-6-7-13-19(17)33-2/h3-7,9-11,13H,8,12,14H2,1-2H3,(H,28,31)(H,29,32)(H2,26,30,35)/b27-18+. The fourth-order valence-electron chi connectivity index (χ4n) is 3.87. The van der Waals surface area contributed by atoms with Crippen LogP contribution in [0.2, 0.25) is 0 Å². The fraction of sp³-hybridized carbons (Fsp3) is 0.200. The Morgan fingerprint density at radius 2 is 1.71 bits per heavy atom. The zero-order chi connectivity index (χ0) is 24.8. The second-order valence-corrected chi connectivity index (χ2v) is 8.22. The van der Waals surface area contributed by atoms with Gasteiger partial charge in [0, 0.05) is 23.2 Å². The van der Waals surface area contributed by atoms with Gasteiger partial charge < -0.3 is 14.5 Å². The van der Waals surface area contributed by atoms with E-state index in [2.05, 4.69) is 26.7 Å². The number of thiocarbonyl (C=S) groups is 1. The van der Waals surface area contributed by atoms with Crippen molar-refractivity contribution in [2.24, 2.45) is 5.10 Å². The van der Waals surface area contributed by atoms with Gasteiger partial charge in [-0.3, -0.25) is 25.9 Å². The normalized spacial score (nSPS) is 13.5. The first-order valence-electron chi connectivity index (χ1n) is 11.0. The highest BCUT2D eigenvalue weighted by molar-refractivity contribution is 7.80. The summed E-state index contributed by atoms with van der Waals surface area (Å²) < 4.78 is 11.1. The Morgan fingerprint density at radius 1 is 1.00 bits per heavy atom. The van der Waals surface area contributed by atoms with Gasteiger partial charge in [-0.15, -0.1) is 0 Å². The Kier molecular flexibility index (Phi) is 7.41. The number of rotatable bonds is 5. The van der Waals surface area contributed by atoms with E-state index in [4.69, 9.17) is 21.4 Å². The maximum atomic E-state index is 12.8. The highest BCUT2D eigenvalue weighted by Gasteiger charge is 2.28. The molecule has 0 saturated heterocycles. The number of fused-ring (bicyclic) bond motifs is 1. The number of para-hydroxylation sites is 2. The van der Waals surface area contributed by atoms with E-state index >= 15 is 0 Å². The molecule has 10 heteroatoms. The molecule has 9 nitrogen and oxygen atoms in total. The minimum atomic E-state index is -0.561. The third-order valence-corrected chi connectivity index (χ3v) is 5.69. The number of benzene rings is 2. The van der Waals surface area contributed by atoms with Gasteiger partial charge in [0.05, 0.1) is 18.4 Å². The lowest BCUT2D eigenvalue weighted by atomic mass is 9.93. The first-order chi connectivity index (χ1) is 17.0. The molecule has 4 rings (SSSR count). The highest BCUT2D eigenvalue weighted by Crippen LogP contribution is 2.29. The van der Waals surface area contributed by atoms with Crippen LogP contribution in [-0.2, 0) is 6.42 Å². The largest absolute Gasteiger partial charge is 0.496 e. The van der Waals surface area contributed by atoms with E-state index in [-0.39, 0.29) is 5.76 Å². The number of carbonyl (C=O) groups excluding carboxylic acids is 2. The molecule has 0 fully saturated rings. The molecular formula is C25H25N5O4S. The SMILES string of the molecule is COc1ccccc1C(=O)NNC(=O)c1oc2c(c1C)/C(=N/NC(=S)Nc1ccccc1)CCC2. The molecule has 1 heterocycles. The van der Waals surface area contributed by atoms with Crippen molar-refractivity contribution >= 4 is 40.5 Å². The minimum absolute atomic E-state index is 0.120. The number of hydrazone groups is 1. The zero-order valence-electron chi connectivity index (χ0n) is 19.3. The van der Waals surface area contributed by atoms with E-state index in [0.717, 1.165) is 23.4 Å². The topological polar surface area (TPSA) is 117 Å². The number of ether oxygens (including phenoxy) is 1. The van der Waals surface area contributed by atoms with Crippen LogP contribution in [0.4, 0.5) is 5.69 Å². The van der Waals surface area contributed by atoms with Crippen molar-refractivity contribution in [3.8, 4) is 5.75 Å². The fourth-order valence-corrected chi connectivity index (χ4v) is 4.03. The number of aryl methyl sites for hydroxylation is 1. The molecule has 180 valence electrons. The number of carbonyl (C=O) groups is 2. The van der Waals surface area contributed by atoms with Crippen molar-refractivity contribution in [1.29, 1.82) is 0 Å². The number of nitrogens with one attached hydrogen (secondary N) is 4. The highest BCUT2D eigenvalue weighted by atomic mass is 32.1.